The first-order chi connectivity index (χ1) is 13.8. The molecule has 0 heterocycles. The minimum absolute atomic E-state index is 0.472. The van der Waals surface area contributed by atoms with Crippen LogP contribution in [0.4, 0.5) is 0 Å². The molecule has 28 heavy (non-hydrogen) atoms. The van der Waals surface area contributed by atoms with Crippen molar-refractivity contribution in [1.82, 2.24) is 0 Å². The molecular weight excluding hydrogens is 342 g/mol. The van der Waals surface area contributed by atoms with Crippen LogP contribution in [0.1, 0.15) is 107 Å². The molecule has 1 aromatic rings. The largest absolute Gasteiger partial charge is 0.378 e. The van der Waals surface area contributed by atoms with Crippen LogP contribution in [0, 0.1) is 23.2 Å². The van der Waals surface area contributed by atoms with Gasteiger partial charge in [-0.25, -0.2) is 0 Å². The Morgan fingerprint density at radius 3 is 2.04 bits per heavy atom. The molecule has 0 bridgehead atoms. The van der Waals surface area contributed by atoms with Crippen LogP contribution in [-0.2, 0) is 4.74 Å². The summed E-state index contributed by atoms with van der Waals surface area (Å²) in [6, 6.07) is 10.4. The Labute approximate surface area is 172 Å². The van der Waals surface area contributed by atoms with E-state index in [1.54, 1.807) is 0 Å². The van der Waals surface area contributed by atoms with E-state index in [0.29, 0.717) is 12.0 Å². The first-order valence-electron chi connectivity index (χ1n) is 11.9. The summed E-state index contributed by atoms with van der Waals surface area (Å²) in [6.45, 7) is 3.27. The smallest absolute Gasteiger partial charge is 0.0991 e. The molecule has 0 spiro atoms. The molecule has 0 unspecified atom stereocenters. The van der Waals surface area contributed by atoms with Crippen molar-refractivity contribution in [1.29, 1.82) is 5.26 Å². The predicted molar refractivity (Wildman–Crippen MR) is 116 cm³/mol. The fourth-order valence-corrected chi connectivity index (χ4v) is 5.32. The molecule has 2 nitrogen and oxygen atoms in total. The Hall–Kier alpha value is -1.33. The number of hydrogen-bond acceptors (Lipinski definition) is 2. The van der Waals surface area contributed by atoms with E-state index in [4.69, 9.17) is 10.00 Å². The van der Waals surface area contributed by atoms with Gasteiger partial charge in [0, 0.05) is 6.61 Å². The second-order valence-electron chi connectivity index (χ2n) is 9.25. The number of unbranched alkanes of at least 4 members (excludes halogenated alkanes) is 1. The van der Waals surface area contributed by atoms with Gasteiger partial charge in [-0.15, -0.1) is 0 Å². The molecule has 0 aromatic heterocycles. The zero-order chi connectivity index (χ0) is 19.6. The van der Waals surface area contributed by atoms with Crippen LogP contribution >= 0.6 is 0 Å². The van der Waals surface area contributed by atoms with Gasteiger partial charge in [0.1, 0.15) is 0 Å². The minimum Gasteiger partial charge on any atom is -0.378 e. The standard InChI is InChI=1S/C26H39NO/c1-2-3-5-21-7-9-22(10-8-21)6-4-19-28-26-17-15-25(16-18-26)24-13-11-23(20-27)12-14-24/h11-14,21-22,25-26H,2-10,15-19H2,1H3. The second kappa shape index (κ2) is 11.6. The number of nitriles is 1. The summed E-state index contributed by atoms with van der Waals surface area (Å²) in [7, 11) is 0. The van der Waals surface area contributed by atoms with E-state index in [0.717, 1.165) is 24.0 Å². The highest BCUT2D eigenvalue weighted by Crippen LogP contribution is 2.35. The number of rotatable bonds is 9. The van der Waals surface area contributed by atoms with E-state index in [1.165, 1.54) is 89.0 Å². The molecule has 0 amide bonds. The Morgan fingerprint density at radius 1 is 0.857 bits per heavy atom. The molecular formula is C26H39NO. The van der Waals surface area contributed by atoms with Crippen molar-refractivity contribution in [3.05, 3.63) is 35.4 Å². The van der Waals surface area contributed by atoms with Crippen molar-refractivity contribution in [2.24, 2.45) is 11.8 Å². The second-order valence-corrected chi connectivity index (χ2v) is 9.25. The van der Waals surface area contributed by atoms with Crippen LogP contribution in [0.2, 0.25) is 0 Å². The van der Waals surface area contributed by atoms with Gasteiger partial charge in [-0.2, -0.15) is 5.26 Å². The van der Waals surface area contributed by atoms with Gasteiger partial charge < -0.3 is 4.74 Å². The first kappa shape index (κ1) is 21.4. The maximum atomic E-state index is 8.94. The molecule has 2 aliphatic carbocycles. The molecule has 3 rings (SSSR count). The summed E-state index contributed by atoms with van der Waals surface area (Å²) in [5.74, 6) is 2.64. The van der Waals surface area contributed by atoms with Crippen LogP contribution in [0.3, 0.4) is 0 Å². The number of ether oxygens (including phenoxy) is 1. The van der Waals surface area contributed by atoms with Crippen molar-refractivity contribution >= 4 is 0 Å². The monoisotopic (exact) mass is 381 g/mol. The van der Waals surface area contributed by atoms with Gasteiger partial charge >= 0.3 is 0 Å². The molecule has 0 radical (unpaired) electrons. The van der Waals surface area contributed by atoms with Crippen molar-refractivity contribution in [3.8, 4) is 6.07 Å². The van der Waals surface area contributed by atoms with Crippen molar-refractivity contribution < 1.29 is 4.74 Å². The fraction of sp³-hybridized carbons (Fsp3) is 0.731. The summed E-state index contributed by atoms with van der Waals surface area (Å²) in [4.78, 5) is 0. The molecule has 0 aliphatic heterocycles. The third-order valence-corrected chi connectivity index (χ3v) is 7.23. The SMILES string of the molecule is CCCCC1CCC(CCCOC2CCC(c3ccc(C#N)cc3)CC2)CC1. The Balaban J connectivity index is 1.25. The third kappa shape index (κ3) is 6.63. The van der Waals surface area contributed by atoms with Gasteiger partial charge in [0.25, 0.3) is 0 Å². The summed E-state index contributed by atoms with van der Waals surface area (Å²) < 4.78 is 6.23. The van der Waals surface area contributed by atoms with Crippen molar-refractivity contribution in [2.75, 3.05) is 6.61 Å². The van der Waals surface area contributed by atoms with Crippen LogP contribution in [0.15, 0.2) is 24.3 Å². The highest BCUT2D eigenvalue weighted by atomic mass is 16.5. The Bertz CT molecular complexity index is 586. The normalized spacial score (nSPS) is 28.0. The van der Waals surface area contributed by atoms with Gasteiger partial charge in [0.05, 0.1) is 17.7 Å². The first-order valence-corrected chi connectivity index (χ1v) is 11.9. The lowest BCUT2D eigenvalue weighted by Crippen LogP contribution is -2.21. The molecule has 2 aliphatic rings. The van der Waals surface area contributed by atoms with Crippen LogP contribution in [0.5, 0.6) is 0 Å². The van der Waals surface area contributed by atoms with Crippen molar-refractivity contribution in [3.63, 3.8) is 0 Å². The van der Waals surface area contributed by atoms with E-state index in [1.807, 2.05) is 12.1 Å². The van der Waals surface area contributed by atoms with Gasteiger partial charge in [-0.1, -0.05) is 64.0 Å². The fourth-order valence-electron chi connectivity index (χ4n) is 5.32. The quantitative estimate of drug-likeness (QED) is 0.418. The number of benzene rings is 1. The average Bonchev–Trinajstić information content (AvgIpc) is 2.76. The molecule has 2 fully saturated rings. The van der Waals surface area contributed by atoms with E-state index in [-0.39, 0.29) is 0 Å². The molecule has 0 saturated heterocycles. The molecule has 2 saturated carbocycles. The van der Waals surface area contributed by atoms with Crippen LogP contribution in [-0.4, -0.2) is 12.7 Å². The summed E-state index contributed by atoms with van der Waals surface area (Å²) >= 11 is 0. The maximum Gasteiger partial charge on any atom is 0.0991 e. The van der Waals surface area contributed by atoms with E-state index < -0.39 is 0 Å². The van der Waals surface area contributed by atoms with Gasteiger partial charge in [-0.3, -0.25) is 0 Å². The minimum atomic E-state index is 0.472. The van der Waals surface area contributed by atoms with Crippen LogP contribution in [0.25, 0.3) is 0 Å². The Morgan fingerprint density at radius 2 is 1.46 bits per heavy atom. The van der Waals surface area contributed by atoms with Gasteiger partial charge in [-0.05, 0) is 74.0 Å². The summed E-state index contributed by atoms with van der Waals surface area (Å²) in [5.41, 5.74) is 2.15. The van der Waals surface area contributed by atoms with Gasteiger partial charge in [0.15, 0.2) is 0 Å². The molecule has 0 N–H and O–H groups in total. The molecule has 1 aromatic carbocycles. The predicted octanol–water partition coefficient (Wildman–Crippen LogP) is 7.38. The van der Waals surface area contributed by atoms with Crippen LogP contribution < -0.4 is 0 Å². The zero-order valence-electron chi connectivity index (χ0n) is 17.9. The average molecular weight is 382 g/mol. The number of nitrogens with zero attached hydrogens (tertiary/aromatic N) is 1. The van der Waals surface area contributed by atoms with E-state index in [2.05, 4.69) is 25.1 Å². The lowest BCUT2D eigenvalue weighted by Gasteiger charge is -2.30. The maximum absolute atomic E-state index is 8.94. The van der Waals surface area contributed by atoms with E-state index in [9.17, 15) is 0 Å². The number of hydrogen-bond donors (Lipinski definition) is 0. The highest BCUT2D eigenvalue weighted by molar-refractivity contribution is 5.33. The van der Waals surface area contributed by atoms with Gasteiger partial charge in [0.2, 0.25) is 0 Å². The summed E-state index contributed by atoms with van der Waals surface area (Å²) in [5, 5.41) is 8.94. The molecule has 0 atom stereocenters. The zero-order valence-corrected chi connectivity index (χ0v) is 17.9. The van der Waals surface area contributed by atoms with Crippen molar-refractivity contribution in [2.45, 2.75) is 102 Å². The molecule has 2 heteroatoms. The Kier molecular flexibility index (Phi) is 8.87. The van der Waals surface area contributed by atoms with E-state index >= 15 is 0 Å². The highest BCUT2D eigenvalue weighted by Gasteiger charge is 2.23. The summed E-state index contributed by atoms with van der Waals surface area (Å²) in [6.07, 6.45) is 18.0. The third-order valence-electron chi connectivity index (χ3n) is 7.23. The lowest BCUT2D eigenvalue weighted by molar-refractivity contribution is 0.0204. The topological polar surface area (TPSA) is 33.0 Å². The lowest BCUT2D eigenvalue weighted by atomic mass is 9.78. The molecule has 154 valence electrons.